The van der Waals surface area contributed by atoms with Crippen molar-refractivity contribution in [2.75, 3.05) is 29.9 Å². The number of nitrogens with one attached hydrogen (secondary N) is 2. The lowest BCUT2D eigenvalue weighted by Crippen LogP contribution is -2.49. The largest absolute Gasteiger partial charge is 0.396 e. The maximum atomic E-state index is 13.7. The summed E-state index contributed by atoms with van der Waals surface area (Å²) in [6.45, 7) is 4.03. The van der Waals surface area contributed by atoms with Crippen LogP contribution in [0.1, 0.15) is 30.4 Å². The van der Waals surface area contributed by atoms with Gasteiger partial charge in [-0.2, -0.15) is 18.4 Å². The summed E-state index contributed by atoms with van der Waals surface area (Å²) in [5, 5.41) is 15.1. The second kappa shape index (κ2) is 7.53. The standard InChI is InChI=1S/C19H18F3N7O/c1-10-8-29(3-2-24-10)14-5-11(7-23)4-13(27-14)17-16-12(19(20,21)22)6-15(30)28-18(16)26-9-25-17/h4-5,9-10,12,24H,2-3,6,8H2,1H3,(H,25,26,28,30)/t10-,12+/m0/s1. The summed E-state index contributed by atoms with van der Waals surface area (Å²) in [4.78, 5) is 26.2. The van der Waals surface area contributed by atoms with Crippen LogP contribution in [-0.2, 0) is 4.79 Å². The van der Waals surface area contributed by atoms with Crippen LogP contribution in [0.5, 0.6) is 0 Å². The van der Waals surface area contributed by atoms with Crippen molar-refractivity contribution in [3.05, 3.63) is 29.6 Å². The summed E-state index contributed by atoms with van der Waals surface area (Å²) in [5.41, 5.74) is 0.131. The third-order valence-corrected chi connectivity index (χ3v) is 5.15. The highest BCUT2D eigenvalue weighted by atomic mass is 19.4. The Hall–Kier alpha value is -3.26. The van der Waals surface area contributed by atoms with Crippen molar-refractivity contribution < 1.29 is 18.0 Å². The molecule has 2 N–H and O–H groups in total. The molecular weight excluding hydrogens is 399 g/mol. The summed E-state index contributed by atoms with van der Waals surface area (Å²) in [6, 6.07) is 5.25. The minimum atomic E-state index is -4.66. The molecule has 2 aromatic rings. The number of alkyl halides is 3. The predicted octanol–water partition coefficient (Wildman–Crippen LogP) is 2.20. The van der Waals surface area contributed by atoms with Crippen LogP contribution in [-0.4, -0.2) is 52.7 Å². The Kier molecular flexibility index (Phi) is 5.03. The minimum Gasteiger partial charge on any atom is -0.354 e. The molecule has 0 aliphatic carbocycles. The zero-order chi connectivity index (χ0) is 21.5. The van der Waals surface area contributed by atoms with Crippen LogP contribution in [0.2, 0.25) is 0 Å². The fraction of sp³-hybridized carbons (Fsp3) is 0.421. The number of piperazine rings is 1. The number of anilines is 2. The van der Waals surface area contributed by atoms with Gasteiger partial charge in [0, 0.05) is 37.7 Å². The molecule has 0 radical (unpaired) electrons. The molecule has 0 aromatic carbocycles. The first-order valence-corrected chi connectivity index (χ1v) is 9.38. The molecule has 11 heteroatoms. The van der Waals surface area contributed by atoms with Gasteiger partial charge in [-0.3, -0.25) is 4.79 Å². The summed E-state index contributed by atoms with van der Waals surface area (Å²) >= 11 is 0. The molecule has 2 atom stereocenters. The van der Waals surface area contributed by atoms with Gasteiger partial charge in [0.05, 0.1) is 28.9 Å². The number of nitriles is 1. The smallest absolute Gasteiger partial charge is 0.354 e. The van der Waals surface area contributed by atoms with E-state index in [2.05, 4.69) is 25.6 Å². The van der Waals surface area contributed by atoms with E-state index in [1.54, 1.807) is 6.07 Å². The molecule has 1 saturated heterocycles. The van der Waals surface area contributed by atoms with Gasteiger partial charge in [0.15, 0.2) is 0 Å². The van der Waals surface area contributed by atoms with Gasteiger partial charge >= 0.3 is 6.18 Å². The lowest BCUT2D eigenvalue weighted by Gasteiger charge is -2.33. The average molecular weight is 417 g/mol. The first kappa shape index (κ1) is 20.0. The average Bonchev–Trinajstić information content (AvgIpc) is 2.71. The van der Waals surface area contributed by atoms with Crippen molar-refractivity contribution >= 4 is 17.5 Å². The van der Waals surface area contributed by atoms with Crippen molar-refractivity contribution in [3.63, 3.8) is 0 Å². The van der Waals surface area contributed by atoms with E-state index in [0.29, 0.717) is 18.9 Å². The van der Waals surface area contributed by atoms with E-state index in [9.17, 15) is 23.2 Å². The number of pyridine rings is 1. The molecule has 30 heavy (non-hydrogen) atoms. The van der Waals surface area contributed by atoms with Crippen LogP contribution in [0.15, 0.2) is 18.5 Å². The molecule has 2 aliphatic rings. The molecular formula is C19H18F3N7O. The van der Waals surface area contributed by atoms with E-state index < -0.39 is 24.4 Å². The Labute approximate surface area is 170 Å². The van der Waals surface area contributed by atoms with E-state index in [1.807, 2.05) is 17.9 Å². The van der Waals surface area contributed by atoms with Gasteiger partial charge in [0.25, 0.3) is 0 Å². The van der Waals surface area contributed by atoms with E-state index >= 15 is 0 Å². The maximum Gasteiger partial charge on any atom is 0.396 e. The van der Waals surface area contributed by atoms with Crippen molar-refractivity contribution in [2.45, 2.75) is 31.5 Å². The molecule has 2 aromatic heterocycles. The van der Waals surface area contributed by atoms with E-state index in [-0.39, 0.29) is 34.4 Å². The minimum absolute atomic E-state index is 0.0381. The number of carbonyl (C=O) groups excluding carboxylic acids is 1. The molecule has 156 valence electrons. The lowest BCUT2D eigenvalue weighted by molar-refractivity contribution is -0.156. The summed E-state index contributed by atoms with van der Waals surface area (Å²) < 4.78 is 41.2. The molecule has 1 amide bonds. The molecule has 8 nitrogen and oxygen atoms in total. The normalized spacial score (nSPS) is 21.6. The number of hydrogen-bond acceptors (Lipinski definition) is 7. The fourth-order valence-electron chi connectivity index (χ4n) is 3.78. The topological polar surface area (TPSA) is 107 Å². The summed E-state index contributed by atoms with van der Waals surface area (Å²) in [7, 11) is 0. The number of amides is 1. The SMILES string of the molecule is C[C@H]1CN(c2cc(C#N)cc(-c3ncnc4c3[C@H](C(F)(F)F)CC(=O)N4)n2)CCN1. The highest BCUT2D eigenvalue weighted by Crippen LogP contribution is 2.45. The Morgan fingerprint density at radius 2 is 2.10 bits per heavy atom. The van der Waals surface area contributed by atoms with Gasteiger partial charge in [0.1, 0.15) is 18.0 Å². The number of hydrogen-bond donors (Lipinski definition) is 2. The predicted molar refractivity (Wildman–Crippen MR) is 102 cm³/mol. The van der Waals surface area contributed by atoms with Crippen molar-refractivity contribution in [3.8, 4) is 17.5 Å². The van der Waals surface area contributed by atoms with Crippen LogP contribution in [0.3, 0.4) is 0 Å². The van der Waals surface area contributed by atoms with Gasteiger partial charge < -0.3 is 15.5 Å². The molecule has 2 aliphatic heterocycles. The number of nitrogens with zero attached hydrogens (tertiary/aromatic N) is 5. The Morgan fingerprint density at radius 3 is 2.80 bits per heavy atom. The maximum absolute atomic E-state index is 13.7. The zero-order valence-electron chi connectivity index (χ0n) is 16.0. The van der Waals surface area contributed by atoms with Crippen molar-refractivity contribution in [1.29, 1.82) is 5.26 Å². The van der Waals surface area contributed by atoms with E-state index in [1.165, 1.54) is 6.07 Å². The Bertz CT molecular complexity index is 1030. The van der Waals surface area contributed by atoms with Crippen LogP contribution in [0, 0.1) is 11.3 Å². The Balaban J connectivity index is 1.86. The summed E-state index contributed by atoms with van der Waals surface area (Å²) in [5.74, 6) is -2.50. The number of rotatable bonds is 2. The lowest BCUT2D eigenvalue weighted by atomic mass is 9.89. The second-order valence-corrected chi connectivity index (χ2v) is 7.34. The summed E-state index contributed by atoms with van der Waals surface area (Å²) in [6.07, 6.45) is -4.33. The van der Waals surface area contributed by atoms with Gasteiger partial charge in [-0.05, 0) is 19.1 Å². The van der Waals surface area contributed by atoms with E-state index in [4.69, 9.17) is 0 Å². The number of halogens is 3. The van der Waals surface area contributed by atoms with Crippen LogP contribution < -0.4 is 15.5 Å². The monoisotopic (exact) mass is 417 g/mol. The third-order valence-electron chi connectivity index (χ3n) is 5.15. The number of fused-ring (bicyclic) bond motifs is 1. The van der Waals surface area contributed by atoms with Crippen LogP contribution >= 0.6 is 0 Å². The van der Waals surface area contributed by atoms with Gasteiger partial charge in [-0.25, -0.2) is 15.0 Å². The van der Waals surface area contributed by atoms with Crippen LogP contribution in [0.25, 0.3) is 11.4 Å². The molecule has 0 spiro atoms. The molecule has 4 rings (SSSR count). The fourth-order valence-corrected chi connectivity index (χ4v) is 3.78. The number of aromatic nitrogens is 3. The zero-order valence-corrected chi connectivity index (χ0v) is 16.0. The molecule has 1 fully saturated rings. The first-order valence-electron chi connectivity index (χ1n) is 9.38. The first-order chi connectivity index (χ1) is 14.3. The van der Waals surface area contributed by atoms with Gasteiger partial charge in [-0.1, -0.05) is 0 Å². The highest BCUT2D eigenvalue weighted by Gasteiger charge is 2.47. The second-order valence-electron chi connectivity index (χ2n) is 7.34. The quantitative estimate of drug-likeness (QED) is 0.771. The van der Waals surface area contributed by atoms with Crippen LogP contribution in [0.4, 0.5) is 24.8 Å². The molecule has 0 saturated carbocycles. The molecule has 0 unspecified atom stereocenters. The van der Waals surface area contributed by atoms with Gasteiger partial charge in [-0.15, -0.1) is 0 Å². The van der Waals surface area contributed by atoms with E-state index in [0.717, 1.165) is 12.9 Å². The molecule has 4 heterocycles. The highest BCUT2D eigenvalue weighted by molar-refractivity contribution is 5.95. The Morgan fingerprint density at radius 1 is 1.30 bits per heavy atom. The number of carbonyl (C=O) groups is 1. The van der Waals surface area contributed by atoms with Crippen molar-refractivity contribution in [1.82, 2.24) is 20.3 Å². The third kappa shape index (κ3) is 3.78. The molecule has 0 bridgehead atoms. The van der Waals surface area contributed by atoms with Gasteiger partial charge in [0.2, 0.25) is 5.91 Å². The van der Waals surface area contributed by atoms with Crippen molar-refractivity contribution in [2.24, 2.45) is 0 Å².